The second kappa shape index (κ2) is 6.31. The van der Waals surface area contributed by atoms with Crippen LogP contribution in [0.1, 0.15) is 29.7 Å². The van der Waals surface area contributed by atoms with Crippen molar-refractivity contribution in [1.29, 1.82) is 0 Å². The summed E-state index contributed by atoms with van der Waals surface area (Å²) < 4.78 is 0. The maximum Gasteiger partial charge on any atom is 0.0490 e. The van der Waals surface area contributed by atoms with Gasteiger partial charge in [-0.05, 0) is 49.9 Å². The van der Waals surface area contributed by atoms with E-state index in [1.807, 2.05) is 6.07 Å². The third kappa shape index (κ3) is 3.27. The molecule has 21 heavy (non-hydrogen) atoms. The van der Waals surface area contributed by atoms with E-state index >= 15 is 0 Å². The average molecular weight is 284 g/mol. The number of anilines is 1. The molecule has 0 unspecified atom stereocenters. The van der Waals surface area contributed by atoms with Gasteiger partial charge in [0.25, 0.3) is 0 Å². The lowest BCUT2D eigenvalue weighted by molar-refractivity contribution is 0.411. The fourth-order valence-corrected chi connectivity index (χ4v) is 3.04. The molecule has 2 aromatic rings. The Hall–Kier alpha value is -1.81. The van der Waals surface area contributed by atoms with Crippen LogP contribution in [0.3, 0.4) is 0 Å². The first-order chi connectivity index (χ1) is 10.2. The van der Waals surface area contributed by atoms with E-state index in [4.69, 9.17) is 0 Å². The minimum Gasteiger partial charge on any atom is -0.371 e. The molecule has 1 aromatic carbocycles. The molecule has 3 rings (SSSR count). The predicted molar refractivity (Wildman–Crippen MR) is 86.6 cm³/mol. The molecule has 1 saturated heterocycles. The van der Waals surface area contributed by atoms with Gasteiger partial charge in [0, 0.05) is 43.3 Å². The Morgan fingerprint density at radius 1 is 1.24 bits per heavy atom. The zero-order chi connectivity index (χ0) is 14.7. The van der Waals surface area contributed by atoms with Gasteiger partial charge in [0.1, 0.15) is 0 Å². The summed E-state index contributed by atoms with van der Waals surface area (Å²) in [6.07, 6.45) is 4.20. The van der Waals surface area contributed by atoms with Crippen molar-refractivity contribution in [2.75, 3.05) is 18.0 Å². The van der Waals surface area contributed by atoms with Crippen LogP contribution in [0.5, 0.6) is 0 Å². The SMILES string of the molecule is Cc1cccc(N2CCC(NCc3ccn[nH]3)CC2)c1C. The highest BCUT2D eigenvalue weighted by molar-refractivity contribution is 5.56. The lowest BCUT2D eigenvalue weighted by atomic mass is 10.0. The summed E-state index contributed by atoms with van der Waals surface area (Å²) >= 11 is 0. The molecule has 0 aliphatic carbocycles. The average Bonchev–Trinajstić information content (AvgIpc) is 3.02. The number of aryl methyl sites for hydroxylation is 1. The lowest BCUT2D eigenvalue weighted by Crippen LogP contribution is -2.42. The van der Waals surface area contributed by atoms with Crippen LogP contribution in [0.4, 0.5) is 5.69 Å². The first-order valence-electron chi connectivity index (χ1n) is 7.77. The van der Waals surface area contributed by atoms with Gasteiger partial charge in [-0.1, -0.05) is 12.1 Å². The van der Waals surface area contributed by atoms with E-state index in [-0.39, 0.29) is 0 Å². The minimum absolute atomic E-state index is 0.606. The van der Waals surface area contributed by atoms with Gasteiger partial charge in [-0.25, -0.2) is 0 Å². The van der Waals surface area contributed by atoms with Crippen LogP contribution in [0, 0.1) is 13.8 Å². The number of hydrogen-bond donors (Lipinski definition) is 2. The molecule has 0 amide bonds. The number of H-pyrrole nitrogens is 1. The lowest BCUT2D eigenvalue weighted by Gasteiger charge is -2.35. The van der Waals surface area contributed by atoms with E-state index in [9.17, 15) is 0 Å². The molecule has 0 bridgehead atoms. The van der Waals surface area contributed by atoms with Gasteiger partial charge in [-0.3, -0.25) is 5.10 Å². The van der Waals surface area contributed by atoms with Crippen molar-refractivity contribution in [3.05, 3.63) is 47.3 Å². The van der Waals surface area contributed by atoms with Crippen LogP contribution >= 0.6 is 0 Å². The van der Waals surface area contributed by atoms with Crippen LogP contribution in [0.15, 0.2) is 30.5 Å². The maximum atomic E-state index is 3.98. The Bertz CT molecular complexity index is 568. The summed E-state index contributed by atoms with van der Waals surface area (Å²) in [7, 11) is 0. The molecule has 112 valence electrons. The molecule has 1 aliphatic heterocycles. The number of benzene rings is 1. The first-order valence-corrected chi connectivity index (χ1v) is 7.77. The summed E-state index contributed by atoms with van der Waals surface area (Å²) in [6.45, 7) is 7.56. The number of piperidine rings is 1. The zero-order valence-corrected chi connectivity index (χ0v) is 12.9. The second-order valence-electron chi connectivity index (χ2n) is 5.94. The van der Waals surface area contributed by atoms with Crippen molar-refractivity contribution >= 4 is 5.69 Å². The third-order valence-corrected chi connectivity index (χ3v) is 4.55. The van der Waals surface area contributed by atoms with Gasteiger partial charge in [0.2, 0.25) is 0 Å². The molecule has 2 heterocycles. The fourth-order valence-electron chi connectivity index (χ4n) is 3.04. The van der Waals surface area contributed by atoms with E-state index in [1.54, 1.807) is 6.20 Å². The van der Waals surface area contributed by atoms with Crippen molar-refractivity contribution in [2.45, 2.75) is 39.3 Å². The number of nitrogens with zero attached hydrogens (tertiary/aromatic N) is 2. The van der Waals surface area contributed by atoms with Crippen molar-refractivity contribution < 1.29 is 0 Å². The number of aromatic amines is 1. The molecule has 4 nitrogen and oxygen atoms in total. The number of aromatic nitrogens is 2. The quantitative estimate of drug-likeness (QED) is 0.907. The van der Waals surface area contributed by atoms with Gasteiger partial charge in [0.15, 0.2) is 0 Å². The molecule has 2 N–H and O–H groups in total. The molecule has 0 atom stereocenters. The third-order valence-electron chi connectivity index (χ3n) is 4.55. The van der Waals surface area contributed by atoms with E-state index in [1.165, 1.54) is 29.7 Å². The number of rotatable bonds is 4. The Morgan fingerprint density at radius 3 is 2.76 bits per heavy atom. The highest BCUT2D eigenvalue weighted by Crippen LogP contribution is 2.25. The monoisotopic (exact) mass is 284 g/mol. The van der Waals surface area contributed by atoms with E-state index in [2.05, 4.69) is 52.5 Å². The van der Waals surface area contributed by atoms with Gasteiger partial charge >= 0.3 is 0 Å². The highest BCUT2D eigenvalue weighted by Gasteiger charge is 2.20. The normalized spacial score (nSPS) is 16.4. The summed E-state index contributed by atoms with van der Waals surface area (Å²) in [5.41, 5.74) is 5.36. The van der Waals surface area contributed by atoms with Crippen LogP contribution in [0.2, 0.25) is 0 Å². The van der Waals surface area contributed by atoms with Gasteiger partial charge in [0.05, 0.1) is 0 Å². The van der Waals surface area contributed by atoms with Gasteiger partial charge in [-0.15, -0.1) is 0 Å². The highest BCUT2D eigenvalue weighted by atomic mass is 15.2. The molecule has 0 saturated carbocycles. The van der Waals surface area contributed by atoms with E-state index in [0.717, 1.165) is 25.3 Å². The first kappa shape index (κ1) is 14.1. The number of nitrogens with one attached hydrogen (secondary N) is 2. The van der Waals surface area contributed by atoms with Crippen molar-refractivity contribution in [3.8, 4) is 0 Å². The maximum absolute atomic E-state index is 3.98. The summed E-state index contributed by atoms with van der Waals surface area (Å²) in [5, 5.41) is 10.6. The molecule has 1 fully saturated rings. The van der Waals surface area contributed by atoms with Crippen LogP contribution < -0.4 is 10.2 Å². The Labute approximate surface area is 126 Å². The van der Waals surface area contributed by atoms with Crippen molar-refractivity contribution in [1.82, 2.24) is 15.5 Å². The van der Waals surface area contributed by atoms with Crippen molar-refractivity contribution in [2.24, 2.45) is 0 Å². The van der Waals surface area contributed by atoms with Crippen LogP contribution in [-0.2, 0) is 6.54 Å². The molecular formula is C17H24N4. The van der Waals surface area contributed by atoms with Gasteiger partial charge in [-0.2, -0.15) is 5.10 Å². The Balaban J connectivity index is 1.54. The summed E-state index contributed by atoms with van der Waals surface area (Å²) in [4.78, 5) is 2.52. The standard InChI is InChI=1S/C17H24N4/c1-13-4-3-5-17(14(13)2)21-10-7-15(8-11-21)18-12-16-6-9-19-20-16/h3-6,9,15,18H,7-8,10-12H2,1-2H3,(H,19,20). The second-order valence-corrected chi connectivity index (χ2v) is 5.94. The fraction of sp³-hybridized carbons (Fsp3) is 0.471. The van der Waals surface area contributed by atoms with Crippen molar-refractivity contribution in [3.63, 3.8) is 0 Å². The van der Waals surface area contributed by atoms with E-state index < -0.39 is 0 Å². The zero-order valence-electron chi connectivity index (χ0n) is 12.9. The Morgan fingerprint density at radius 2 is 2.05 bits per heavy atom. The molecule has 0 spiro atoms. The molecule has 0 radical (unpaired) electrons. The topological polar surface area (TPSA) is 44.0 Å². The van der Waals surface area contributed by atoms with Gasteiger partial charge < -0.3 is 10.2 Å². The molecule has 1 aromatic heterocycles. The Kier molecular flexibility index (Phi) is 4.25. The molecule has 1 aliphatic rings. The molecular weight excluding hydrogens is 260 g/mol. The summed E-state index contributed by atoms with van der Waals surface area (Å²) in [5.74, 6) is 0. The predicted octanol–water partition coefficient (Wildman–Crippen LogP) is 2.79. The van der Waals surface area contributed by atoms with Crippen LogP contribution in [-0.4, -0.2) is 29.3 Å². The summed E-state index contributed by atoms with van der Waals surface area (Å²) in [6, 6.07) is 9.24. The van der Waals surface area contributed by atoms with Crippen LogP contribution in [0.25, 0.3) is 0 Å². The minimum atomic E-state index is 0.606. The molecule has 4 heteroatoms. The number of hydrogen-bond acceptors (Lipinski definition) is 3. The largest absolute Gasteiger partial charge is 0.371 e. The van der Waals surface area contributed by atoms with E-state index in [0.29, 0.717) is 6.04 Å². The smallest absolute Gasteiger partial charge is 0.0490 e.